The average molecular weight is 250 g/mol. The van der Waals surface area contributed by atoms with E-state index in [-0.39, 0.29) is 0 Å². The Hall–Kier alpha value is -1.06. The zero-order chi connectivity index (χ0) is 13.4. The number of nitrogens with zero attached hydrogens (tertiary/aromatic N) is 1. The van der Waals surface area contributed by atoms with Crippen LogP contribution in [0.25, 0.3) is 0 Å². The molecule has 0 fully saturated rings. The molecule has 0 aliphatic rings. The maximum atomic E-state index is 5.47. The maximum absolute atomic E-state index is 5.47. The molecule has 0 bridgehead atoms. The molecule has 0 saturated heterocycles. The Bertz CT molecular complexity index is 348. The summed E-state index contributed by atoms with van der Waals surface area (Å²) in [5.74, 6) is 0.987. The second-order valence-corrected chi connectivity index (χ2v) is 4.39. The van der Waals surface area contributed by atoms with Crippen LogP contribution in [-0.2, 0) is 13.1 Å². The fourth-order valence-electron chi connectivity index (χ4n) is 2.00. The molecule has 18 heavy (non-hydrogen) atoms. The second-order valence-electron chi connectivity index (χ2n) is 4.39. The number of benzene rings is 1. The molecular weight excluding hydrogens is 224 g/mol. The summed E-state index contributed by atoms with van der Waals surface area (Å²) in [7, 11) is 1.74. The monoisotopic (exact) mass is 250 g/mol. The number of rotatable bonds is 8. The van der Waals surface area contributed by atoms with Crippen LogP contribution >= 0.6 is 0 Å². The topological polar surface area (TPSA) is 24.5 Å². The van der Waals surface area contributed by atoms with Crippen LogP contribution in [0.3, 0.4) is 0 Å². The number of methoxy groups -OCH3 is 1. The van der Waals surface area contributed by atoms with E-state index in [1.165, 1.54) is 11.1 Å². The van der Waals surface area contributed by atoms with Crippen LogP contribution in [0.4, 0.5) is 0 Å². The summed E-state index contributed by atoms with van der Waals surface area (Å²) in [5.41, 5.74) is 2.54. The van der Waals surface area contributed by atoms with E-state index < -0.39 is 0 Å². The fraction of sp³-hybridized carbons (Fsp3) is 0.600. The van der Waals surface area contributed by atoms with E-state index in [9.17, 15) is 0 Å². The van der Waals surface area contributed by atoms with Crippen LogP contribution in [-0.4, -0.2) is 31.6 Å². The first kappa shape index (κ1) is 15.0. The van der Waals surface area contributed by atoms with Crippen molar-refractivity contribution in [1.82, 2.24) is 10.2 Å². The van der Waals surface area contributed by atoms with E-state index in [1.54, 1.807) is 7.11 Å². The van der Waals surface area contributed by atoms with Gasteiger partial charge in [0.2, 0.25) is 0 Å². The largest absolute Gasteiger partial charge is 0.496 e. The lowest BCUT2D eigenvalue weighted by atomic mass is 10.1. The molecule has 0 saturated carbocycles. The molecule has 1 aromatic carbocycles. The van der Waals surface area contributed by atoms with E-state index in [1.807, 2.05) is 0 Å². The lowest BCUT2D eigenvalue weighted by Gasteiger charge is -2.19. The van der Waals surface area contributed by atoms with E-state index >= 15 is 0 Å². The molecule has 0 atom stereocenters. The minimum atomic E-state index is 0.866. The number of hydrogen-bond donors (Lipinski definition) is 1. The Balaban J connectivity index is 2.77. The molecule has 0 amide bonds. The minimum Gasteiger partial charge on any atom is -0.496 e. The van der Waals surface area contributed by atoms with Crippen molar-refractivity contribution in [2.24, 2.45) is 0 Å². The van der Waals surface area contributed by atoms with Crippen LogP contribution < -0.4 is 10.1 Å². The van der Waals surface area contributed by atoms with Gasteiger partial charge in [-0.2, -0.15) is 0 Å². The van der Waals surface area contributed by atoms with E-state index in [2.05, 4.69) is 49.2 Å². The first-order valence-corrected chi connectivity index (χ1v) is 6.83. The molecule has 0 radical (unpaired) electrons. The predicted octanol–water partition coefficient (Wildman–Crippen LogP) is 2.65. The number of hydrogen-bond acceptors (Lipinski definition) is 3. The summed E-state index contributed by atoms with van der Waals surface area (Å²) in [6.45, 7) is 11.5. The van der Waals surface area contributed by atoms with E-state index in [4.69, 9.17) is 4.74 Å². The quantitative estimate of drug-likeness (QED) is 0.767. The molecule has 102 valence electrons. The molecule has 0 unspecified atom stereocenters. The Morgan fingerprint density at radius 3 is 2.44 bits per heavy atom. The summed E-state index contributed by atoms with van der Waals surface area (Å²) in [5, 5.41) is 3.33. The third kappa shape index (κ3) is 4.31. The van der Waals surface area contributed by atoms with Gasteiger partial charge in [0.15, 0.2) is 0 Å². The molecule has 1 aromatic rings. The van der Waals surface area contributed by atoms with Gasteiger partial charge in [-0.15, -0.1) is 0 Å². The molecule has 1 rings (SSSR count). The van der Waals surface area contributed by atoms with Crippen LogP contribution in [0.5, 0.6) is 5.75 Å². The Morgan fingerprint density at radius 1 is 1.17 bits per heavy atom. The summed E-state index contributed by atoms with van der Waals surface area (Å²) < 4.78 is 5.47. The number of nitrogens with one attached hydrogen (secondary N) is 1. The highest BCUT2D eigenvalue weighted by Gasteiger charge is 2.06. The first-order valence-electron chi connectivity index (χ1n) is 6.83. The van der Waals surface area contributed by atoms with Crippen molar-refractivity contribution in [3.05, 3.63) is 29.3 Å². The molecule has 3 nitrogen and oxygen atoms in total. The van der Waals surface area contributed by atoms with Gasteiger partial charge >= 0.3 is 0 Å². The van der Waals surface area contributed by atoms with E-state index in [0.29, 0.717) is 0 Å². The van der Waals surface area contributed by atoms with Crippen molar-refractivity contribution in [2.45, 2.75) is 33.9 Å². The lowest BCUT2D eigenvalue weighted by molar-refractivity contribution is 0.295. The molecule has 1 N–H and O–H groups in total. The van der Waals surface area contributed by atoms with Gasteiger partial charge in [0.05, 0.1) is 7.11 Å². The number of ether oxygens (including phenoxy) is 1. The molecule has 0 aromatic heterocycles. The average Bonchev–Trinajstić information content (AvgIpc) is 2.42. The highest BCUT2D eigenvalue weighted by atomic mass is 16.5. The minimum absolute atomic E-state index is 0.866. The highest BCUT2D eigenvalue weighted by molar-refractivity contribution is 5.37. The van der Waals surface area contributed by atoms with Crippen molar-refractivity contribution in [1.29, 1.82) is 0 Å². The van der Waals surface area contributed by atoms with Crippen LogP contribution in [0.1, 0.15) is 31.9 Å². The van der Waals surface area contributed by atoms with Gasteiger partial charge in [-0.1, -0.05) is 32.9 Å². The van der Waals surface area contributed by atoms with Crippen LogP contribution in [0, 0.1) is 0 Å². The smallest absolute Gasteiger partial charge is 0.123 e. The summed E-state index contributed by atoms with van der Waals surface area (Å²) in [6, 6.07) is 6.53. The summed E-state index contributed by atoms with van der Waals surface area (Å²) in [6.07, 6.45) is 0. The lowest BCUT2D eigenvalue weighted by Crippen LogP contribution is -2.22. The SMILES string of the molecule is CCNCc1ccc(CN(CC)CC)cc1OC. The first-order chi connectivity index (χ1) is 8.74. The second kappa shape index (κ2) is 8.11. The van der Waals surface area contributed by atoms with Crippen molar-refractivity contribution < 1.29 is 4.74 Å². The van der Waals surface area contributed by atoms with Crippen molar-refractivity contribution >= 4 is 0 Å². The maximum Gasteiger partial charge on any atom is 0.123 e. The predicted molar refractivity (Wildman–Crippen MR) is 77.0 cm³/mol. The summed E-state index contributed by atoms with van der Waals surface area (Å²) >= 11 is 0. The fourth-order valence-corrected chi connectivity index (χ4v) is 2.00. The van der Waals surface area contributed by atoms with Gasteiger partial charge in [0, 0.05) is 18.7 Å². The van der Waals surface area contributed by atoms with Gasteiger partial charge in [0.1, 0.15) is 5.75 Å². The van der Waals surface area contributed by atoms with Crippen molar-refractivity contribution in [3.8, 4) is 5.75 Å². The van der Waals surface area contributed by atoms with Gasteiger partial charge < -0.3 is 10.1 Å². The third-order valence-electron chi connectivity index (χ3n) is 3.22. The molecule has 0 aliphatic heterocycles. The van der Waals surface area contributed by atoms with Crippen molar-refractivity contribution in [2.75, 3.05) is 26.7 Å². The van der Waals surface area contributed by atoms with Gasteiger partial charge in [-0.25, -0.2) is 0 Å². The normalized spacial score (nSPS) is 10.9. The molecule has 3 heteroatoms. The van der Waals surface area contributed by atoms with Gasteiger partial charge in [-0.05, 0) is 31.3 Å². The Labute approximate surface area is 111 Å². The molecule has 0 aliphatic carbocycles. The molecule has 0 spiro atoms. The summed E-state index contributed by atoms with van der Waals surface area (Å²) in [4.78, 5) is 2.40. The zero-order valence-corrected chi connectivity index (χ0v) is 12.1. The van der Waals surface area contributed by atoms with Crippen molar-refractivity contribution in [3.63, 3.8) is 0 Å². The molecule has 0 heterocycles. The standard InChI is InChI=1S/C15H26N2O/c1-5-16-11-14-9-8-13(10-15(14)18-4)12-17(6-2)7-3/h8-10,16H,5-7,11-12H2,1-4H3. The Morgan fingerprint density at radius 2 is 1.89 bits per heavy atom. The van der Waals surface area contributed by atoms with Crippen LogP contribution in [0.2, 0.25) is 0 Å². The van der Waals surface area contributed by atoms with Gasteiger partial charge in [-0.3, -0.25) is 4.90 Å². The highest BCUT2D eigenvalue weighted by Crippen LogP contribution is 2.21. The Kier molecular flexibility index (Phi) is 6.76. The molecular formula is C15H26N2O. The van der Waals surface area contributed by atoms with E-state index in [0.717, 1.165) is 38.5 Å². The van der Waals surface area contributed by atoms with Gasteiger partial charge in [0.25, 0.3) is 0 Å². The van der Waals surface area contributed by atoms with Crippen LogP contribution in [0.15, 0.2) is 18.2 Å². The third-order valence-corrected chi connectivity index (χ3v) is 3.22. The zero-order valence-electron chi connectivity index (χ0n) is 12.1.